The normalized spacial score (nSPS) is 22.6. The van der Waals surface area contributed by atoms with Crippen LogP contribution in [0.3, 0.4) is 0 Å². The number of rotatable bonds is 3. The van der Waals surface area contributed by atoms with Crippen LogP contribution in [0, 0.1) is 11.9 Å². The van der Waals surface area contributed by atoms with E-state index in [0.717, 1.165) is 12.8 Å². The lowest BCUT2D eigenvalue weighted by atomic mass is 9.88. The minimum atomic E-state index is -1.04. The molecule has 5 nitrogen and oxygen atoms in total. The van der Waals surface area contributed by atoms with E-state index in [2.05, 4.69) is 4.98 Å². The third-order valence-corrected chi connectivity index (χ3v) is 3.82. The van der Waals surface area contributed by atoms with Crippen molar-refractivity contribution in [2.45, 2.75) is 32.2 Å². The van der Waals surface area contributed by atoms with Gasteiger partial charge in [-0.15, -0.1) is 0 Å². The van der Waals surface area contributed by atoms with Crippen LogP contribution in [0.25, 0.3) is 0 Å². The first-order valence-electron chi connectivity index (χ1n) is 6.68. The summed E-state index contributed by atoms with van der Waals surface area (Å²) in [5.41, 5.74) is -0.173. The predicted molar refractivity (Wildman–Crippen MR) is 69.7 cm³/mol. The van der Waals surface area contributed by atoms with Crippen molar-refractivity contribution < 1.29 is 19.1 Å². The standard InChI is InChI=1S/C14H17FN2O3/c1-2-9-5-7-17(11(8-9)14(19)20)13(18)10-4-3-6-16-12(10)15/h3-4,6,9,11H,2,5,7-8H2,1H3,(H,19,20). The van der Waals surface area contributed by atoms with Gasteiger partial charge in [0.15, 0.2) is 0 Å². The van der Waals surface area contributed by atoms with E-state index in [4.69, 9.17) is 0 Å². The van der Waals surface area contributed by atoms with Crippen molar-refractivity contribution in [3.63, 3.8) is 0 Å². The summed E-state index contributed by atoms with van der Waals surface area (Å²) >= 11 is 0. The molecule has 0 saturated carbocycles. The highest BCUT2D eigenvalue weighted by atomic mass is 19.1. The molecular formula is C14H17FN2O3. The number of carbonyl (C=O) groups excluding carboxylic acids is 1. The fourth-order valence-corrected chi connectivity index (χ4v) is 2.59. The summed E-state index contributed by atoms with van der Waals surface area (Å²) < 4.78 is 13.6. The third-order valence-electron chi connectivity index (χ3n) is 3.82. The number of carbonyl (C=O) groups is 2. The minimum Gasteiger partial charge on any atom is -0.480 e. The molecule has 0 radical (unpaired) electrons. The van der Waals surface area contributed by atoms with Crippen LogP contribution in [0.5, 0.6) is 0 Å². The molecule has 1 aliphatic heterocycles. The zero-order chi connectivity index (χ0) is 14.7. The van der Waals surface area contributed by atoms with Crippen molar-refractivity contribution in [2.24, 2.45) is 5.92 Å². The molecule has 1 saturated heterocycles. The van der Waals surface area contributed by atoms with Gasteiger partial charge < -0.3 is 10.0 Å². The molecule has 1 amide bonds. The van der Waals surface area contributed by atoms with E-state index >= 15 is 0 Å². The minimum absolute atomic E-state index is 0.173. The van der Waals surface area contributed by atoms with Gasteiger partial charge >= 0.3 is 5.97 Å². The van der Waals surface area contributed by atoms with Crippen LogP contribution in [0.4, 0.5) is 4.39 Å². The van der Waals surface area contributed by atoms with Gasteiger partial charge in [-0.3, -0.25) is 4.79 Å². The summed E-state index contributed by atoms with van der Waals surface area (Å²) in [6.45, 7) is 2.34. The molecule has 20 heavy (non-hydrogen) atoms. The van der Waals surface area contributed by atoms with Gasteiger partial charge in [0.25, 0.3) is 5.91 Å². The molecule has 6 heteroatoms. The number of halogens is 1. The Kier molecular flexibility index (Phi) is 4.32. The molecule has 1 aromatic rings. The van der Waals surface area contributed by atoms with Gasteiger partial charge in [0.1, 0.15) is 6.04 Å². The molecular weight excluding hydrogens is 263 g/mol. The molecule has 1 aromatic heterocycles. The molecule has 0 aliphatic carbocycles. The van der Waals surface area contributed by atoms with E-state index in [1.165, 1.54) is 23.2 Å². The smallest absolute Gasteiger partial charge is 0.326 e. The number of amides is 1. The Hall–Kier alpha value is -1.98. The molecule has 0 bridgehead atoms. The van der Waals surface area contributed by atoms with Gasteiger partial charge in [0, 0.05) is 12.7 Å². The summed E-state index contributed by atoms with van der Waals surface area (Å²) in [5, 5.41) is 9.28. The first-order chi connectivity index (χ1) is 9.54. The van der Waals surface area contributed by atoms with Crippen molar-refractivity contribution in [3.05, 3.63) is 29.8 Å². The Labute approximate surface area is 116 Å². The van der Waals surface area contributed by atoms with Crippen molar-refractivity contribution in [1.82, 2.24) is 9.88 Å². The lowest BCUT2D eigenvalue weighted by molar-refractivity contribution is -0.144. The second-order valence-corrected chi connectivity index (χ2v) is 4.99. The van der Waals surface area contributed by atoms with E-state index in [9.17, 15) is 19.1 Å². The first-order valence-corrected chi connectivity index (χ1v) is 6.68. The Morgan fingerprint density at radius 3 is 2.90 bits per heavy atom. The van der Waals surface area contributed by atoms with Gasteiger partial charge in [0.05, 0.1) is 5.56 Å². The van der Waals surface area contributed by atoms with Gasteiger partial charge in [-0.25, -0.2) is 9.78 Å². The summed E-state index contributed by atoms with van der Waals surface area (Å²) in [5.74, 6) is -2.21. The van der Waals surface area contributed by atoms with Gasteiger partial charge in [-0.2, -0.15) is 4.39 Å². The number of aromatic nitrogens is 1. The summed E-state index contributed by atoms with van der Waals surface area (Å²) in [6, 6.07) is 1.90. The number of piperidine rings is 1. The summed E-state index contributed by atoms with van der Waals surface area (Å²) in [6.07, 6.45) is 3.30. The molecule has 108 valence electrons. The SMILES string of the molecule is CCC1CCN(C(=O)c2cccnc2F)C(C(=O)O)C1. The highest BCUT2D eigenvalue weighted by Gasteiger charge is 2.36. The molecule has 1 aliphatic rings. The number of carboxylic acid groups (broad SMARTS) is 1. The first kappa shape index (κ1) is 14.4. The van der Waals surface area contributed by atoms with Crippen LogP contribution in [-0.4, -0.2) is 39.5 Å². The molecule has 0 aromatic carbocycles. The maximum Gasteiger partial charge on any atom is 0.326 e. The van der Waals surface area contributed by atoms with Crippen LogP contribution in [0.2, 0.25) is 0 Å². The maximum atomic E-state index is 13.6. The quantitative estimate of drug-likeness (QED) is 0.859. The Bertz CT molecular complexity index is 521. The largest absolute Gasteiger partial charge is 0.480 e. The summed E-state index contributed by atoms with van der Waals surface area (Å²) in [7, 11) is 0. The zero-order valence-electron chi connectivity index (χ0n) is 11.3. The number of hydrogen-bond acceptors (Lipinski definition) is 3. The topological polar surface area (TPSA) is 70.5 Å². The van der Waals surface area contributed by atoms with Crippen molar-refractivity contribution in [3.8, 4) is 0 Å². The van der Waals surface area contributed by atoms with E-state index < -0.39 is 23.9 Å². The van der Waals surface area contributed by atoms with Gasteiger partial charge in [0.2, 0.25) is 5.95 Å². The van der Waals surface area contributed by atoms with Crippen molar-refractivity contribution >= 4 is 11.9 Å². The predicted octanol–water partition coefficient (Wildman–Crippen LogP) is 1.94. The Morgan fingerprint density at radius 2 is 2.30 bits per heavy atom. The number of hydrogen-bond donors (Lipinski definition) is 1. The average molecular weight is 280 g/mol. The molecule has 2 atom stereocenters. The lowest BCUT2D eigenvalue weighted by Crippen LogP contribution is -2.50. The molecule has 2 unspecified atom stereocenters. The molecule has 2 rings (SSSR count). The monoisotopic (exact) mass is 280 g/mol. The van der Waals surface area contributed by atoms with E-state index in [0.29, 0.717) is 18.9 Å². The van der Waals surface area contributed by atoms with Crippen LogP contribution >= 0.6 is 0 Å². The van der Waals surface area contributed by atoms with Crippen molar-refractivity contribution in [2.75, 3.05) is 6.54 Å². The third kappa shape index (κ3) is 2.79. The number of pyridine rings is 1. The Morgan fingerprint density at radius 1 is 1.55 bits per heavy atom. The fourth-order valence-electron chi connectivity index (χ4n) is 2.59. The van der Waals surface area contributed by atoms with E-state index in [1.54, 1.807) is 0 Å². The van der Waals surface area contributed by atoms with Crippen LogP contribution in [0.15, 0.2) is 18.3 Å². The van der Waals surface area contributed by atoms with Crippen LogP contribution in [0.1, 0.15) is 36.5 Å². The molecule has 1 fully saturated rings. The highest BCUT2D eigenvalue weighted by molar-refractivity contribution is 5.96. The van der Waals surface area contributed by atoms with Crippen molar-refractivity contribution in [1.29, 1.82) is 0 Å². The number of likely N-dealkylation sites (tertiary alicyclic amines) is 1. The molecule has 0 spiro atoms. The lowest BCUT2D eigenvalue weighted by Gasteiger charge is -2.36. The second-order valence-electron chi connectivity index (χ2n) is 4.99. The average Bonchev–Trinajstić information content (AvgIpc) is 2.46. The molecule has 2 heterocycles. The van der Waals surface area contributed by atoms with E-state index in [1.807, 2.05) is 6.92 Å². The maximum absolute atomic E-state index is 13.6. The number of aliphatic carboxylic acids is 1. The number of nitrogens with zero attached hydrogens (tertiary/aromatic N) is 2. The molecule has 1 N–H and O–H groups in total. The highest BCUT2D eigenvalue weighted by Crippen LogP contribution is 2.27. The zero-order valence-corrected chi connectivity index (χ0v) is 11.3. The Balaban J connectivity index is 2.24. The number of carboxylic acids is 1. The van der Waals surface area contributed by atoms with Crippen LogP contribution < -0.4 is 0 Å². The second kappa shape index (κ2) is 5.98. The van der Waals surface area contributed by atoms with Gasteiger partial charge in [-0.1, -0.05) is 13.3 Å². The van der Waals surface area contributed by atoms with E-state index in [-0.39, 0.29) is 5.56 Å². The van der Waals surface area contributed by atoms with Gasteiger partial charge in [-0.05, 0) is 30.9 Å². The summed E-state index contributed by atoms with van der Waals surface area (Å²) in [4.78, 5) is 28.3. The van der Waals surface area contributed by atoms with Crippen LogP contribution in [-0.2, 0) is 4.79 Å². The fraction of sp³-hybridized carbons (Fsp3) is 0.500.